The maximum atomic E-state index is 10.9. The van der Waals surface area contributed by atoms with Crippen molar-refractivity contribution < 1.29 is 18.5 Å². The third-order valence-electron chi connectivity index (χ3n) is 1.84. The van der Waals surface area contributed by atoms with Gasteiger partial charge in [0.05, 0.1) is 10.9 Å². The van der Waals surface area contributed by atoms with Crippen molar-refractivity contribution in [3.63, 3.8) is 0 Å². The summed E-state index contributed by atoms with van der Waals surface area (Å²) in [6, 6.07) is 0. The molecular weight excluding hydrogens is 218 g/mol. The quantitative estimate of drug-likeness (QED) is 0.488. The van der Waals surface area contributed by atoms with Crippen LogP contribution in [0.2, 0.25) is 0 Å². The molecule has 15 heavy (non-hydrogen) atoms. The smallest absolute Gasteiger partial charge is 0.223 e. The minimum Gasteiger partial charge on any atom is -0.333 e. The molecule has 5 nitrogen and oxygen atoms in total. The predicted octanol–water partition coefficient (Wildman–Crippen LogP) is 2.42. The third-order valence-corrected chi connectivity index (χ3v) is 2.67. The van der Waals surface area contributed by atoms with Crippen LogP contribution >= 0.6 is 10.9 Å². The number of amides is 1. The van der Waals surface area contributed by atoms with E-state index in [9.17, 15) is 4.79 Å². The van der Waals surface area contributed by atoms with Gasteiger partial charge in [0.15, 0.2) is 0 Å². The lowest BCUT2D eigenvalue weighted by atomic mass is 10.1. The number of unbranched alkanes of at least 4 members (excludes halogenated alkanes) is 3. The molecule has 0 unspecified atom stereocenters. The van der Waals surface area contributed by atoms with E-state index >= 15 is 0 Å². The summed E-state index contributed by atoms with van der Waals surface area (Å²) >= 11 is 0. The zero-order chi connectivity index (χ0) is 11.7. The third kappa shape index (κ3) is 11.4. The van der Waals surface area contributed by atoms with Gasteiger partial charge >= 0.3 is 0 Å². The van der Waals surface area contributed by atoms with Gasteiger partial charge in [-0.25, -0.2) is 0 Å². The maximum absolute atomic E-state index is 10.9. The second-order valence-corrected chi connectivity index (χ2v) is 4.94. The van der Waals surface area contributed by atoms with Gasteiger partial charge in [-0.2, -0.15) is 0 Å². The van der Waals surface area contributed by atoms with E-state index < -0.39 is 10.9 Å². The topological polar surface area (TPSA) is 89.8 Å². The van der Waals surface area contributed by atoms with E-state index in [1.807, 2.05) is 0 Å². The molecule has 0 saturated heterocycles. The molecule has 0 aliphatic heterocycles. The zero-order valence-corrected chi connectivity index (χ0v) is 9.50. The van der Waals surface area contributed by atoms with Gasteiger partial charge in [0, 0.05) is 12.2 Å². The fourth-order valence-corrected chi connectivity index (χ4v) is 1.71. The molecule has 0 aromatic heterocycles. The lowest BCUT2D eigenvalue weighted by molar-refractivity contribution is -0.120. The fraction of sp³-hybridized carbons (Fsp3) is 0.667. The molecule has 90 valence electrons. The molecule has 0 saturated carbocycles. The minimum atomic E-state index is -3.33. The maximum Gasteiger partial charge on any atom is 0.223 e. The molecule has 0 aliphatic rings. The van der Waals surface area contributed by atoms with E-state index in [2.05, 4.69) is 11.9 Å². The predicted molar refractivity (Wildman–Crippen MR) is 61.8 cm³/mol. The van der Waals surface area contributed by atoms with Crippen LogP contribution in [0.4, 0.5) is 0 Å². The first kappa shape index (κ1) is 14.4. The van der Waals surface area contributed by atoms with Crippen molar-refractivity contribution in [1.29, 1.82) is 0 Å². The van der Waals surface area contributed by atoms with E-state index in [0.717, 1.165) is 19.3 Å². The summed E-state index contributed by atoms with van der Waals surface area (Å²) in [6.45, 7) is 3.37. The lowest BCUT2D eigenvalue weighted by Gasteiger charge is -2.18. The molecule has 0 radical (unpaired) electrons. The monoisotopic (exact) mass is 237 g/mol. The summed E-state index contributed by atoms with van der Waals surface area (Å²) in [5, 5.41) is 2.47. The number of hydrogen-bond donors (Lipinski definition) is 4. The first-order chi connectivity index (χ1) is 6.95. The van der Waals surface area contributed by atoms with Crippen molar-refractivity contribution in [2.24, 2.45) is 0 Å². The molecule has 0 bridgehead atoms. The molecular formula is C9H19NO4S. The molecule has 0 fully saturated rings. The van der Waals surface area contributed by atoms with E-state index in [1.54, 1.807) is 0 Å². The van der Waals surface area contributed by atoms with Crippen LogP contribution in [0.3, 0.4) is 0 Å². The second-order valence-electron chi connectivity index (χ2n) is 3.27. The van der Waals surface area contributed by atoms with Crippen molar-refractivity contribution in [3.8, 4) is 0 Å². The van der Waals surface area contributed by atoms with Crippen LogP contribution in [0.5, 0.6) is 0 Å². The van der Waals surface area contributed by atoms with Gasteiger partial charge in [-0.15, -0.1) is 0 Å². The Morgan fingerprint density at radius 1 is 1.20 bits per heavy atom. The van der Waals surface area contributed by atoms with Crippen molar-refractivity contribution >= 4 is 16.8 Å². The lowest BCUT2D eigenvalue weighted by Crippen LogP contribution is -2.15. The Balaban J connectivity index is 3.25. The summed E-state index contributed by atoms with van der Waals surface area (Å²) in [6.07, 6.45) is 4.72. The van der Waals surface area contributed by atoms with Crippen LogP contribution < -0.4 is 5.32 Å². The standard InChI is InChI=1S/C9H19NO4S/c1-2-10-9(11)7-5-3-4-6-8-15(12,13)14/h2,12-14H,1,3-8H2,(H,10,11). The van der Waals surface area contributed by atoms with Crippen LogP contribution in [0.25, 0.3) is 0 Å². The van der Waals surface area contributed by atoms with Gasteiger partial charge in [0.25, 0.3) is 0 Å². The Labute approximate surface area is 91.7 Å². The fourth-order valence-electron chi connectivity index (χ4n) is 1.12. The van der Waals surface area contributed by atoms with Crippen molar-refractivity contribution in [2.45, 2.75) is 32.1 Å². The SMILES string of the molecule is C=CNC(=O)CCCCCCS(O)(O)O. The summed E-state index contributed by atoms with van der Waals surface area (Å²) in [4.78, 5) is 10.9. The van der Waals surface area contributed by atoms with Crippen LogP contribution in [0, 0.1) is 0 Å². The summed E-state index contributed by atoms with van der Waals surface area (Å²) in [5.41, 5.74) is 0. The molecule has 0 heterocycles. The summed E-state index contributed by atoms with van der Waals surface area (Å²) in [5.74, 6) is -0.0391. The van der Waals surface area contributed by atoms with E-state index in [1.165, 1.54) is 6.20 Å². The molecule has 0 spiro atoms. The largest absolute Gasteiger partial charge is 0.333 e. The van der Waals surface area contributed by atoms with Crippen molar-refractivity contribution in [3.05, 3.63) is 12.8 Å². The number of nitrogens with one attached hydrogen (secondary N) is 1. The first-order valence-corrected chi connectivity index (χ1v) is 6.51. The van der Waals surface area contributed by atoms with Gasteiger partial charge in [-0.1, -0.05) is 19.4 Å². The minimum absolute atomic E-state index is 0.0197. The highest BCUT2D eigenvalue weighted by atomic mass is 32.3. The Kier molecular flexibility index (Phi) is 7.41. The highest BCUT2D eigenvalue weighted by Gasteiger charge is 2.09. The first-order valence-electron chi connectivity index (χ1n) is 4.84. The van der Waals surface area contributed by atoms with Crippen LogP contribution in [0.15, 0.2) is 12.8 Å². The zero-order valence-electron chi connectivity index (χ0n) is 8.69. The number of carbonyl (C=O) groups is 1. The molecule has 4 N–H and O–H groups in total. The van der Waals surface area contributed by atoms with Crippen molar-refractivity contribution in [2.75, 3.05) is 5.75 Å². The van der Waals surface area contributed by atoms with Gasteiger partial charge < -0.3 is 19.0 Å². The molecule has 0 aromatic carbocycles. The molecule has 0 aromatic rings. The molecule has 0 aliphatic carbocycles. The number of hydrogen-bond acceptors (Lipinski definition) is 4. The highest BCUT2D eigenvalue weighted by molar-refractivity contribution is 8.19. The van der Waals surface area contributed by atoms with E-state index in [-0.39, 0.29) is 11.7 Å². The molecule has 6 heteroatoms. The van der Waals surface area contributed by atoms with E-state index in [4.69, 9.17) is 13.7 Å². The highest BCUT2D eigenvalue weighted by Crippen LogP contribution is 2.33. The van der Waals surface area contributed by atoms with Gasteiger partial charge in [-0.3, -0.25) is 4.79 Å². The van der Waals surface area contributed by atoms with Crippen LogP contribution in [0.1, 0.15) is 32.1 Å². The molecule has 1 amide bonds. The van der Waals surface area contributed by atoms with Gasteiger partial charge in [0.2, 0.25) is 5.91 Å². The Hall–Kier alpha value is -0.560. The summed E-state index contributed by atoms with van der Waals surface area (Å²) < 4.78 is 26.0. The van der Waals surface area contributed by atoms with Crippen LogP contribution in [-0.4, -0.2) is 25.3 Å². The number of carbonyl (C=O) groups excluding carboxylic acids is 1. The average molecular weight is 237 g/mol. The molecule has 0 atom stereocenters. The molecule has 0 rings (SSSR count). The Morgan fingerprint density at radius 2 is 1.80 bits per heavy atom. The Morgan fingerprint density at radius 3 is 2.33 bits per heavy atom. The van der Waals surface area contributed by atoms with Crippen LogP contribution in [-0.2, 0) is 4.79 Å². The average Bonchev–Trinajstić information content (AvgIpc) is 2.09. The van der Waals surface area contributed by atoms with Gasteiger partial charge in [-0.05, 0) is 19.0 Å². The summed E-state index contributed by atoms with van der Waals surface area (Å²) in [7, 11) is -3.33. The second kappa shape index (κ2) is 7.70. The number of rotatable bonds is 8. The Bertz CT molecular complexity index is 203. The van der Waals surface area contributed by atoms with Gasteiger partial charge in [0.1, 0.15) is 0 Å². The van der Waals surface area contributed by atoms with Crippen molar-refractivity contribution in [1.82, 2.24) is 5.32 Å². The normalized spacial score (nSPS) is 12.2. The van der Waals surface area contributed by atoms with E-state index in [0.29, 0.717) is 12.8 Å².